The van der Waals surface area contributed by atoms with Crippen molar-refractivity contribution in [2.45, 2.75) is 45.1 Å². The van der Waals surface area contributed by atoms with Crippen LogP contribution in [0, 0.1) is 5.41 Å². The lowest BCUT2D eigenvalue weighted by molar-refractivity contribution is -0.146. The van der Waals surface area contributed by atoms with Crippen molar-refractivity contribution in [1.29, 1.82) is 0 Å². The van der Waals surface area contributed by atoms with Crippen molar-refractivity contribution in [2.24, 2.45) is 5.41 Å². The number of carbonyl (C=O) groups excluding carboxylic acids is 1. The summed E-state index contributed by atoms with van der Waals surface area (Å²) >= 11 is 0. The molecule has 0 aliphatic carbocycles. The van der Waals surface area contributed by atoms with Gasteiger partial charge in [-0.1, -0.05) is 6.92 Å². The first-order valence-electron chi connectivity index (χ1n) is 6.86. The molecule has 2 N–H and O–H groups in total. The Labute approximate surface area is 103 Å². The number of aliphatic hydroxyl groups excluding tert-OH is 1. The third-order valence-electron chi connectivity index (χ3n) is 4.47. The standard InChI is InChI=1S/C13H24N2O2/c1-2-13(6-7-14-10-13)12(17)15-8-4-3-5-11(15)9-16/h11,14,16H,2-10H2,1H3. The fraction of sp³-hybridized carbons (Fsp3) is 0.923. The number of hydrogen-bond donors (Lipinski definition) is 2. The quantitative estimate of drug-likeness (QED) is 0.765. The average Bonchev–Trinajstić information content (AvgIpc) is 2.88. The molecule has 0 aromatic rings. The summed E-state index contributed by atoms with van der Waals surface area (Å²) in [5.41, 5.74) is -0.204. The number of likely N-dealkylation sites (tertiary alicyclic amines) is 1. The Morgan fingerprint density at radius 3 is 2.94 bits per heavy atom. The molecule has 2 fully saturated rings. The predicted molar refractivity (Wildman–Crippen MR) is 66.6 cm³/mol. The number of piperidine rings is 1. The van der Waals surface area contributed by atoms with E-state index in [2.05, 4.69) is 12.2 Å². The summed E-state index contributed by atoms with van der Waals surface area (Å²) in [5, 5.41) is 12.7. The van der Waals surface area contributed by atoms with Crippen molar-refractivity contribution in [3.05, 3.63) is 0 Å². The summed E-state index contributed by atoms with van der Waals surface area (Å²) in [6.45, 7) is 4.78. The van der Waals surface area contributed by atoms with Crippen LogP contribution in [-0.2, 0) is 4.79 Å². The van der Waals surface area contributed by atoms with Gasteiger partial charge in [0.2, 0.25) is 5.91 Å². The van der Waals surface area contributed by atoms with Gasteiger partial charge in [0.25, 0.3) is 0 Å². The highest BCUT2D eigenvalue weighted by atomic mass is 16.3. The summed E-state index contributed by atoms with van der Waals surface area (Å²) in [7, 11) is 0. The zero-order valence-corrected chi connectivity index (χ0v) is 10.7. The second kappa shape index (κ2) is 5.36. The van der Waals surface area contributed by atoms with E-state index < -0.39 is 0 Å². The van der Waals surface area contributed by atoms with Crippen LogP contribution in [0.25, 0.3) is 0 Å². The van der Waals surface area contributed by atoms with Crippen LogP contribution in [0.1, 0.15) is 39.0 Å². The van der Waals surface area contributed by atoms with E-state index in [1.54, 1.807) is 0 Å². The summed E-state index contributed by atoms with van der Waals surface area (Å²) in [4.78, 5) is 14.6. The highest BCUT2D eigenvalue weighted by Gasteiger charge is 2.43. The number of rotatable bonds is 3. The molecule has 17 heavy (non-hydrogen) atoms. The average molecular weight is 240 g/mol. The molecule has 4 nitrogen and oxygen atoms in total. The molecule has 1 amide bonds. The van der Waals surface area contributed by atoms with Gasteiger partial charge in [0, 0.05) is 13.1 Å². The van der Waals surface area contributed by atoms with Crippen molar-refractivity contribution in [1.82, 2.24) is 10.2 Å². The molecule has 0 spiro atoms. The molecular weight excluding hydrogens is 216 g/mol. The maximum absolute atomic E-state index is 12.7. The first-order valence-corrected chi connectivity index (χ1v) is 6.86. The van der Waals surface area contributed by atoms with Crippen LogP contribution < -0.4 is 5.32 Å². The fourth-order valence-electron chi connectivity index (χ4n) is 3.14. The summed E-state index contributed by atoms with van der Waals surface area (Å²) in [6, 6.07) is 0.0558. The monoisotopic (exact) mass is 240 g/mol. The van der Waals surface area contributed by atoms with Gasteiger partial charge in [-0.05, 0) is 38.6 Å². The lowest BCUT2D eigenvalue weighted by atomic mass is 9.81. The smallest absolute Gasteiger partial charge is 0.230 e. The molecule has 2 atom stereocenters. The van der Waals surface area contributed by atoms with Crippen molar-refractivity contribution < 1.29 is 9.90 Å². The highest BCUT2D eigenvalue weighted by molar-refractivity contribution is 5.83. The second-order valence-electron chi connectivity index (χ2n) is 5.39. The molecule has 2 aliphatic heterocycles. The van der Waals surface area contributed by atoms with Crippen molar-refractivity contribution in [2.75, 3.05) is 26.2 Å². The molecular formula is C13H24N2O2. The van der Waals surface area contributed by atoms with Gasteiger partial charge in [-0.3, -0.25) is 4.79 Å². The number of nitrogens with zero attached hydrogens (tertiary/aromatic N) is 1. The van der Waals surface area contributed by atoms with Crippen LogP contribution in [0.15, 0.2) is 0 Å². The fourth-order valence-corrected chi connectivity index (χ4v) is 3.14. The van der Waals surface area contributed by atoms with Crippen molar-refractivity contribution in [3.63, 3.8) is 0 Å². The number of aliphatic hydroxyl groups is 1. The zero-order valence-electron chi connectivity index (χ0n) is 10.7. The SMILES string of the molecule is CCC1(C(=O)N2CCCCC2CO)CCNC1. The first-order chi connectivity index (χ1) is 8.23. The summed E-state index contributed by atoms with van der Waals surface area (Å²) < 4.78 is 0. The first kappa shape index (κ1) is 12.8. The number of carbonyl (C=O) groups is 1. The van der Waals surface area contributed by atoms with Gasteiger partial charge in [-0.25, -0.2) is 0 Å². The minimum absolute atomic E-state index is 0.0558. The van der Waals surface area contributed by atoms with Crippen LogP contribution in [0.4, 0.5) is 0 Å². The third kappa shape index (κ3) is 2.33. The molecule has 2 unspecified atom stereocenters. The second-order valence-corrected chi connectivity index (χ2v) is 5.39. The molecule has 0 radical (unpaired) electrons. The lowest BCUT2D eigenvalue weighted by Crippen LogP contribution is -2.52. The molecule has 0 aromatic heterocycles. The molecule has 98 valence electrons. The van der Waals surface area contributed by atoms with Gasteiger partial charge in [-0.2, -0.15) is 0 Å². The molecule has 2 heterocycles. The van der Waals surface area contributed by atoms with E-state index in [4.69, 9.17) is 0 Å². The van der Waals surface area contributed by atoms with Crippen molar-refractivity contribution in [3.8, 4) is 0 Å². The molecule has 2 aliphatic rings. The van der Waals surface area contributed by atoms with E-state index in [0.717, 1.165) is 51.7 Å². The lowest BCUT2D eigenvalue weighted by Gasteiger charge is -2.40. The largest absolute Gasteiger partial charge is 0.394 e. The Kier molecular flexibility index (Phi) is 4.05. The Morgan fingerprint density at radius 2 is 2.35 bits per heavy atom. The molecule has 4 heteroatoms. The Morgan fingerprint density at radius 1 is 1.53 bits per heavy atom. The highest BCUT2D eigenvalue weighted by Crippen LogP contribution is 2.34. The molecule has 0 saturated carbocycles. The minimum Gasteiger partial charge on any atom is -0.394 e. The third-order valence-corrected chi connectivity index (χ3v) is 4.47. The minimum atomic E-state index is -0.204. The Hall–Kier alpha value is -0.610. The molecule has 0 aromatic carbocycles. The maximum atomic E-state index is 12.7. The summed E-state index contributed by atoms with van der Waals surface area (Å²) in [6.07, 6.45) is 5.00. The number of hydrogen-bond acceptors (Lipinski definition) is 3. The van der Waals surface area contributed by atoms with Gasteiger partial charge in [0.1, 0.15) is 0 Å². The zero-order chi connectivity index (χ0) is 12.3. The van der Waals surface area contributed by atoms with E-state index in [9.17, 15) is 9.90 Å². The van der Waals surface area contributed by atoms with Gasteiger partial charge in [-0.15, -0.1) is 0 Å². The topological polar surface area (TPSA) is 52.6 Å². The van der Waals surface area contributed by atoms with Crippen LogP contribution in [0.2, 0.25) is 0 Å². The van der Waals surface area contributed by atoms with Gasteiger partial charge in [0.05, 0.1) is 18.1 Å². The van der Waals surface area contributed by atoms with E-state index in [1.807, 2.05) is 4.90 Å². The van der Waals surface area contributed by atoms with E-state index >= 15 is 0 Å². The number of amides is 1. The number of nitrogens with one attached hydrogen (secondary N) is 1. The van der Waals surface area contributed by atoms with Crippen molar-refractivity contribution >= 4 is 5.91 Å². The molecule has 0 bridgehead atoms. The van der Waals surface area contributed by atoms with E-state index in [0.29, 0.717) is 0 Å². The maximum Gasteiger partial charge on any atom is 0.230 e. The van der Waals surface area contributed by atoms with Crippen LogP contribution in [0.3, 0.4) is 0 Å². The van der Waals surface area contributed by atoms with Crippen LogP contribution in [-0.4, -0.2) is 48.2 Å². The summed E-state index contributed by atoms with van der Waals surface area (Å²) in [5.74, 6) is 0.267. The van der Waals surface area contributed by atoms with E-state index in [1.165, 1.54) is 0 Å². The van der Waals surface area contributed by atoms with Gasteiger partial charge >= 0.3 is 0 Å². The Bertz CT molecular complexity index is 275. The Balaban J connectivity index is 2.11. The molecule has 2 saturated heterocycles. The van der Waals surface area contributed by atoms with Crippen LogP contribution >= 0.6 is 0 Å². The van der Waals surface area contributed by atoms with E-state index in [-0.39, 0.29) is 24.0 Å². The molecule has 2 rings (SSSR count). The van der Waals surface area contributed by atoms with Gasteiger partial charge in [0.15, 0.2) is 0 Å². The van der Waals surface area contributed by atoms with Crippen LogP contribution in [0.5, 0.6) is 0 Å². The normalized spacial score (nSPS) is 34.0. The predicted octanol–water partition coefficient (Wildman–Crippen LogP) is 0.749. The van der Waals surface area contributed by atoms with Gasteiger partial charge < -0.3 is 15.3 Å².